The molecule has 0 atom stereocenters. The van der Waals surface area contributed by atoms with Gasteiger partial charge in [0.2, 0.25) is 0 Å². The number of para-hydroxylation sites is 1. The zero-order valence-corrected chi connectivity index (χ0v) is 21.4. The van der Waals surface area contributed by atoms with Gasteiger partial charge in [-0.1, -0.05) is 48.0 Å². The van der Waals surface area contributed by atoms with Gasteiger partial charge in [-0.05, 0) is 75.1 Å². The second-order valence-electron chi connectivity index (χ2n) is 9.79. The zero-order valence-electron chi connectivity index (χ0n) is 21.4. The van der Waals surface area contributed by atoms with Crippen molar-refractivity contribution in [2.75, 3.05) is 31.1 Å². The molecule has 0 radical (unpaired) electrons. The van der Waals surface area contributed by atoms with Gasteiger partial charge in [-0.3, -0.25) is 4.79 Å². The monoisotopic (exact) mass is 463 g/mol. The van der Waals surface area contributed by atoms with Gasteiger partial charge in [0, 0.05) is 42.8 Å². The van der Waals surface area contributed by atoms with E-state index in [4.69, 9.17) is 4.98 Å². The fourth-order valence-electron chi connectivity index (χ4n) is 5.22. The first-order valence-electron chi connectivity index (χ1n) is 12.4. The second kappa shape index (κ2) is 9.18. The lowest BCUT2D eigenvalue weighted by Gasteiger charge is -2.37. The molecule has 0 N–H and O–H groups in total. The Morgan fingerprint density at radius 2 is 1.51 bits per heavy atom. The van der Waals surface area contributed by atoms with E-state index in [-0.39, 0.29) is 5.91 Å². The van der Waals surface area contributed by atoms with Crippen LogP contribution in [0.4, 0.5) is 5.69 Å². The summed E-state index contributed by atoms with van der Waals surface area (Å²) in [6.45, 7) is 13.7. The number of aryl methyl sites for hydroxylation is 3. The van der Waals surface area contributed by atoms with Crippen molar-refractivity contribution in [2.45, 2.75) is 34.6 Å². The molecule has 1 saturated heterocycles. The van der Waals surface area contributed by atoms with Crippen LogP contribution in [-0.2, 0) is 0 Å². The highest BCUT2D eigenvalue weighted by atomic mass is 16.2. The van der Waals surface area contributed by atoms with Crippen LogP contribution in [0.15, 0.2) is 60.7 Å². The molecule has 3 aromatic carbocycles. The molecule has 1 aromatic heterocycles. The van der Waals surface area contributed by atoms with E-state index in [0.717, 1.165) is 46.4 Å². The van der Waals surface area contributed by atoms with Crippen LogP contribution in [0.2, 0.25) is 0 Å². The lowest BCUT2D eigenvalue weighted by molar-refractivity contribution is 0.0748. The number of hydrogen-bond donors (Lipinski definition) is 0. The molecule has 1 aliphatic rings. The molecule has 1 fully saturated rings. The van der Waals surface area contributed by atoms with Gasteiger partial charge < -0.3 is 9.80 Å². The number of carbonyl (C=O) groups is 1. The molecule has 4 nitrogen and oxygen atoms in total. The number of piperazine rings is 1. The first kappa shape index (κ1) is 23.1. The van der Waals surface area contributed by atoms with E-state index in [9.17, 15) is 4.79 Å². The van der Waals surface area contributed by atoms with Gasteiger partial charge in [0.05, 0.1) is 16.8 Å². The number of hydrogen-bond acceptors (Lipinski definition) is 3. The minimum absolute atomic E-state index is 0.105. The van der Waals surface area contributed by atoms with E-state index in [1.807, 2.05) is 29.2 Å². The molecular weight excluding hydrogens is 430 g/mol. The predicted molar refractivity (Wildman–Crippen MR) is 145 cm³/mol. The highest BCUT2D eigenvalue weighted by Crippen LogP contribution is 2.33. The summed E-state index contributed by atoms with van der Waals surface area (Å²) in [6, 6.07) is 20.9. The van der Waals surface area contributed by atoms with Crippen molar-refractivity contribution in [3.05, 3.63) is 94.0 Å². The fourth-order valence-corrected chi connectivity index (χ4v) is 5.22. The number of benzene rings is 3. The Balaban J connectivity index is 1.51. The summed E-state index contributed by atoms with van der Waals surface area (Å²) < 4.78 is 0. The molecule has 4 heteroatoms. The molecule has 5 rings (SSSR count). The topological polar surface area (TPSA) is 36.4 Å². The van der Waals surface area contributed by atoms with Gasteiger partial charge in [0.15, 0.2) is 0 Å². The summed E-state index contributed by atoms with van der Waals surface area (Å²) in [4.78, 5) is 23.5. The lowest BCUT2D eigenvalue weighted by atomic mass is 9.94. The summed E-state index contributed by atoms with van der Waals surface area (Å²) >= 11 is 0. The Bertz CT molecular complexity index is 1430. The number of rotatable bonds is 3. The number of pyridine rings is 1. The number of nitrogens with zero attached hydrogens (tertiary/aromatic N) is 3. The third kappa shape index (κ3) is 4.18. The number of aromatic nitrogens is 1. The molecule has 0 aliphatic carbocycles. The third-order valence-corrected chi connectivity index (χ3v) is 7.48. The maximum absolute atomic E-state index is 14.0. The van der Waals surface area contributed by atoms with Gasteiger partial charge in [-0.15, -0.1) is 0 Å². The smallest absolute Gasteiger partial charge is 0.255 e. The van der Waals surface area contributed by atoms with Gasteiger partial charge in [0.25, 0.3) is 5.91 Å². The normalized spacial score (nSPS) is 14.0. The van der Waals surface area contributed by atoms with Crippen molar-refractivity contribution in [2.24, 2.45) is 0 Å². The van der Waals surface area contributed by atoms with E-state index in [1.165, 1.54) is 27.9 Å². The molecule has 0 spiro atoms. The minimum atomic E-state index is 0.105. The average Bonchev–Trinajstić information content (AvgIpc) is 2.87. The molecule has 4 aromatic rings. The molecule has 35 heavy (non-hydrogen) atoms. The van der Waals surface area contributed by atoms with Crippen molar-refractivity contribution in [3.8, 4) is 11.3 Å². The number of anilines is 1. The lowest BCUT2D eigenvalue weighted by Crippen LogP contribution is -2.49. The first-order chi connectivity index (χ1) is 16.8. The van der Waals surface area contributed by atoms with Crippen molar-refractivity contribution >= 4 is 22.5 Å². The van der Waals surface area contributed by atoms with E-state index in [0.29, 0.717) is 13.1 Å². The van der Waals surface area contributed by atoms with Gasteiger partial charge in [0.1, 0.15) is 0 Å². The molecule has 0 bridgehead atoms. The standard InChI is InChI=1S/C31H33N3O/c1-20-13-14-22(3)26(19-20)30-24(5)29(25-10-6-7-11-27(25)32-30)31(35)34-17-15-33(16-18-34)28-12-8-9-21(2)23(28)4/h6-14,19H,15-18H2,1-5H3. The van der Waals surface area contributed by atoms with E-state index in [2.05, 4.69) is 75.9 Å². The highest BCUT2D eigenvalue weighted by molar-refractivity contribution is 6.09. The summed E-state index contributed by atoms with van der Waals surface area (Å²) in [5, 5.41) is 0.931. The van der Waals surface area contributed by atoms with E-state index in [1.54, 1.807) is 0 Å². The van der Waals surface area contributed by atoms with Crippen molar-refractivity contribution in [1.82, 2.24) is 9.88 Å². The molecule has 1 amide bonds. The molecule has 178 valence electrons. The predicted octanol–water partition coefficient (Wildman–Crippen LogP) is 6.41. The molecule has 1 aliphatic heterocycles. The highest BCUT2D eigenvalue weighted by Gasteiger charge is 2.27. The maximum atomic E-state index is 14.0. The van der Waals surface area contributed by atoms with Crippen LogP contribution in [0, 0.1) is 34.6 Å². The van der Waals surface area contributed by atoms with E-state index >= 15 is 0 Å². The van der Waals surface area contributed by atoms with Crippen molar-refractivity contribution < 1.29 is 4.79 Å². The van der Waals surface area contributed by atoms with Gasteiger partial charge in [-0.25, -0.2) is 4.98 Å². The Hall–Kier alpha value is -3.66. The average molecular weight is 464 g/mol. The quantitative estimate of drug-likeness (QED) is 0.352. The SMILES string of the molecule is Cc1ccc(C)c(-c2nc3ccccc3c(C(=O)N3CCN(c4cccc(C)c4C)CC3)c2C)c1. The maximum Gasteiger partial charge on any atom is 0.255 e. The summed E-state index contributed by atoms with van der Waals surface area (Å²) in [7, 11) is 0. The fraction of sp³-hybridized carbons (Fsp3) is 0.290. The van der Waals surface area contributed by atoms with Gasteiger partial charge >= 0.3 is 0 Å². The molecule has 0 unspecified atom stereocenters. The summed E-state index contributed by atoms with van der Waals surface area (Å²) in [5.74, 6) is 0.105. The number of amides is 1. The van der Waals surface area contributed by atoms with Crippen LogP contribution in [0.25, 0.3) is 22.2 Å². The first-order valence-corrected chi connectivity index (χ1v) is 12.4. The number of carbonyl (C=O) groups excluding carboxylic acids is 1. The van der Waals surface area contributed by atoms with Crippen LogP contribution < -0.4 is 4.90 Å². The molecule has 0 saturated carbocycles. The molecule has 2 heterocycles. The van der Waals surface area contributed by atoms with Crippen LogP contribution >= 0.6 is 0 Å². The van der Waals surface area contributed by atoms with Crippen LogP contribution in [-0.4, -0.2) is 42.0 Å². The summed E-state index contributed by atoms with van der Waals surface area (Å²) in [5.41, 5.74) is 10.9. The van der Waals surface area contributed by atoms with Crippen LogP contribution in [0.3, 0.4) is 0 Å². The van der Waals surface area contributed by atoms with Crippen molar-refractivity contribution in [3.63, 3.8) is 0 Å². The number of fused-ring (bicyclic) bond motifs is 1. The van der Waals surface area contributed by atoms with Crippen LogP contribution in [0.5, 0.6) is 0 Å². The van der Waals surface area contributed by atoms with Gasteiger partial charge in [-0.2, -0.15) is 0 Å². The Labute approximate surface area is 208 Å². The van der Waals surface area contributed by atoms with Crippen LogP contribution in [0.1, 0.15) is 38.2 Å². The Morgan fingerprint density at radius 1 is 0.771 bits per heavy atom. The summed E-state index contributed by atoms with van der Waals surface area (Å²) in [6.07, 6.45) is 0. The van der Waals surface area contributed by atoms with E-state index < -0.39 is 0 Å². The molecular formula is C31H33N3O. The Morgan fingerprint density at radius 3 is 2.29 bits per heavy atom. The van der Waals surface area contributed by atoms with Crippen molar-refractivity contribution in [1.29, 1.82) is 0 Å². The second-order valence-corrected chi connectivity index (χ2v) is 9.79. The largest absolute Gasteiger partial charge is 0.368 e. The minimum Gasteiger partial charge on any atom is -0.368 e. The Kier molecular flexibility index (Phi) is 6.06. The third-order valence-electron chi connectivity index (χ3n) is 7.48. The zero-order chi connectivity index (χ0) is 24.7.